The van der Waals surface area contributed by atoms with E-state index < -0.39 is 0 Å². The van der Waals surface area contributed by atoms with Crippen LogP contribution in [0.3, 0.4) is 0 Å². The number of ether oxygens (including phenoxy) is 1. The summed E-state index contributed by atoms with van der Waals surface area (Å²) < 4.78 is 6.28. The zero-order valence-electron chi connectivity index (χ0n) is 12.2. The van der Waals surface area contributed by atoms with Gasteiger partial charge >= 0.3 is 0 Å². The minimum absolute atomic E-state index is 0.00996. The first-order valence-corrected chi connectivity index (χ1v) is 8.10. The second-order valence-electron chi connectivity index (χ2n) is 5.86. The minimum Gasteiger partial charge on any atom is -0.485 e. The Labute approximate surface area is 135 Å². The third-order valence-electron chi connectivity index (χ3n) is 4.30. The molecule has 0 saturated carbocycles. The van der Waals surface area contributed by atoms with E-state index in [1.807, 2.05) is 18.2 Å². The molecule has 0 amide bonds. The quantitative estimate of drug-likeness (QED) is 0.538. The van der Waals surface area contributed by atoms with Gasteiger partial charge in [-0.05, 0) is 40.5 Å². The Kier molecular flexibility index (Phi) is 3.51. The van der Waals surface area contributed by atoms with Crippen LogP contribution in [0.1, 0.15) is 23.7 Å². The second-order valence-corrected chi connectivity index (χ2v) is 6.48. The molecule has 0 unspecified atom stereocenters. The number of para-hydroxylation sites is 1. The van der Waals surface area contributed by atoms with Gasteiger partial charge in [0, 0.05) is 11.8 Å². The van der Waals surface area contributed by atoms with Crippen LogP contribution < -0.4 is 4.74 Å². The van der Waals surface area contributed by atoms with Crippen LogP contribution in [0.4, 0.5) is 0 Å². The zero-order chi connectivity index (χ0) is 14.9. The average molecular weight is 309 g/mol. The van der Waals surface area contributed by atoms with Gasteiger partial charge in [0.25, 0.3) is 0 Å². The third kappa shape index (κ3) is 2.57. The average Bonchev–Trinajstić information content (AvgIpc) is 2.72. The van der Waals surface area contributed by atoms with Crippen LogP contribution in [-0.2, 0) is 6.42 Å². The molecule has 4 rings (SSSR count). The molecule has 0 N–H and O–H groups in total. The normalized spacial score (nSPS) is 21.0. The van der Waals surface area contributed by atoms with Crippen molar-refractivity contribution >= 4 is 22.4 Å². The molecule has 0 saturated heterocycles. The molecular formula is C20H17ClO. The van der Waals surface area contributed by atoms with Gasteiger partial charge in [0.2, 0.25) is 0 Å². The fourth-order valence-electron chi connectivity index (χ4n) is 3.16. The van der Waals surface area contributed by atoms with E-state index in [1.165, 1.54) is 21.9 Å². The van der Waals surface area contributed by atoms with Gasteiger partial charge in [-0.15, -0.1) is 11.6 Å². The highest BCUT2D eigenvalue weighted by Crippen LogP contribution is 2.36. The predicted octanol–water partition coefficient (Wildman–Crippen LogP) is 5.51. The van der Waals surface area contributed by atoms with Crippen molar-refractivity contribution < 1.29 is 4.74 Å². The zero-order valence-corrected chi connectivity index (χ0v) is 13.0. The van der Waals surface area contributed by atoms with Gasteiger partial charge in [-0.2, -0.15) is 0 Å². The number of fused-ring (bicyclic) bond motifs is 2. The van der Waals surface area contributed by atoms with Gasteiger partial charge < -0.3 is 4.74 Å². The first-order chi connectivity index (χ1) is 10.8. The fourth-order valence-corrected chi connectivity index (χ4v) is 3.48. The lowest BCUT2D eigenvalue weighted by Crippen LogP contribution is -2.11. The highest BCUT2D eigenvalue weighted by Gasteiger charge is 2.24. The summed E-state index contributed by atoms with van der Waals surface area (Å²) >= 11 is 6.53. The Morgan fingerprint density at radius 3 is 2.55 bits per heavy atom. The predicted molar refractivity (Wildman–Crippen MR) is 91.7 cm³/mol. The number of halogens is 1. The first-order valence-electron chi connectivity index (χ1n) is 7.67. The van der Waals surface area contributed by atoms with E-state index in [1.54, 1.807) is 0 Å². The molecule has 110 valence electrons. The lowest BCUT2D eigenvalue weighted by molar-refractivity contribution is 0.201. The Morgan fingerprint density at radius 1 is 0.864 bits per heavy atom. The van der Waals surface area contributed by atoms with Gasteiger partial charge in [-0.1, -0.05) is 54.6 Å². The molecule has 1 aliphatic heterocycles. The van der Waals surface area contributed by atoms with Crippen LogP contribution in [0.25, 0.3) is 10.8 Å². The fraction of sp³-hybridized carbons (Fsp3) is 0.200. The molecule has 1 nitrogen and oxygen atoms in total. The summed E-state index contributed by atoms with van der Waals surface area (Å²) in [5.41, 5.74) is 2.40. The van der Waals surface area contributed by atoms with Gasteiger partial charge in [0.05, 0.1) is 0 Å². The molecule has 3 aromatic carbocycles. The Balaban J connectivity index is 1.74. The van der Waals surface area contributed by atoms with Gasteiger partial charge in [-0.25, -0.2) is 0 Å². The number of hydrogen-bond acceptors (Lipinski definition) is 1. The topological polar surface area (TPSA) is 9.23 Å². The molecule has 22 heavy (non-hydrogen) atoms. The maximum Gasteiger partial charge on any atom is 0.125 e. The second kappa shape index (κ2) is 5.66. The molecule has 0 spiro atoms. The van der Waals surface area contributed by atoms with E-state index in [-0.39, 0.29) is 11.5 Å². The first kappa shape index (κ1) is 13.7. The number of benzene rings is 3. The van der Waals surface area contributed by atoms with Gasteiger partial charge in [0.15, 0.2) is 0 Å². The van der Waals surface area contributed by atoms with Crippen molar-refractivity contribution in [3.8, 4) is 5.75 Å². The molecule has 1 heterocycles. The van der Waals surface area contributed by atoms with E-state index in [9.17, 15) is 0 Å². The largest absolute Gasteiger partial charge is 0.485 e. The lowest BCUT2D eigenvalue weighted by Gasteiger charge is -2.19. The maximum absolute atomic E-state index is 6.53. The highest BCUT2D eigenvalue weighted by atomic mass is 35.5. The van der Waals surface area contributed by atoms with E-state index in [0.29, 0.717) is 0 Å². The molecule has 3 aromatic rings. The summed E-state index contributed by atoms with van der Waals surface area (Å²) in [7, 11) is 0. The van der Waals surface area contributed by atoms with Crippen molar-refractivity contribution in [1.29, 1.82) is 0 Å². The molecule has 0 bridgehead atoms. The standard InChI is InChI=1S/C20H17ClO/c21-18-12-16-7-3-4-8-19(16)22-20(13-18)17-10-9-14-5-1-2-6-15(14)11-17/h1-11,18,20H,12-13H2/t18-,20+/m1/s1. The van der Waals surface area contributed by atoms with Crippen LogP contribution in [0.15, 0.2) is 66.7 Å². The molecule has 0 aliphatic carbocycles. The number of alkyl halides is 1. The van der Waals surface area contributed by atoms with Crippen LogP contribution in [0.2, 0.25) is 0 Å². The molecule has 0 radical (unpaired) electrons. The number of rotatable bonds is 1. The lowest BCUT2D eigenvalue weighted by atomic mass is 9.99. The Hall–Kier alpha value is -1.99. The summed E-state index contributed by atoms with van der Waals surface area (Å²) in [6, 6.07) is 23.2. The summed E-state index contributed by atoms with van der Waals surface area (Å²) in [6.07, 6.45) is 1.70. The third-order valence-corrected chi connectivity index (χ3v) is 4.63. The van der Waals surface area contributed by atoms with Crippen molar-refractivity contribution in [1.82, 2.24) is 0 Å². The van der Waals surface area contributed by atoms with Crippen LogP contribution in [0.5, 0.6) is 5.75 Å². The summed E-state index contributed by atoms with van der Waals surface area (Å²) in [6.45, 7) is 0. The van der Waals surface area contributed by atoms with E-state index in [0.717, 1.165) is 18.6 Å². The van der Waals surface area contributed by atoms with Crippen molar-refractivity contribution in [2.24, 2.45) is 0 Å². The molecule has 2 atom stereocenters. The van der Waals surface area contributed by atoms with Crippen LogP contribution >= 0.6 is 11.6 Å². The van der Waals surface area contributed by atoms with E-state index in [2.05, 4.69) is 48.5 Å². The highest BCUT2D eigenvalue weighted by molar-refractivity contribution is 6.20. The van der Waals surface area contributed by atoms with Crippen LogP contribution in [-0.4, -0.2) is 5.38 Å². The van der Waals surface area contributed by atoms with E-state index in [4.69, 9.17) is 16.3 Å². The monoisotopic (exact) mass is 308 g/mol. The SMILES string of the molecule is Cl[C@@H]1Cc2ccccc2O[C@H](c2ccc3ccccc3c2)C1. The van der Waals surface area contributed by atoms with Crippen molar-refractivity contribution in [2.75, 3.05) is 0 Å². The smallest absolute Gasteiger partial charge is 0.125 e. The van der Waals surface area contributed by atoms with Gasteiger partial charge in [-0.3, -0.25) is 0 Å². The van der Waals surface area contributed by atoms with Crippen molar-refractivity contribution in [3.63, 3.8) is 0 Å². The summed E-state index contributed by atoms with van der Waals surface area (Å²) in [4.78, 5) is 0. The maximum atomic E-state index is 6.53. The van der Waals surface area contributed by atoms with Crippen molar-refractivity contribution in [3.05, 3.63) is 77.9 Å². The van der Waals surface area contributed by atoms with Crippen LogP contribution in [0, 0.1) is 0 Å². The molecule has 0 aromatic heterocycles. The summed E-state index contributed by atoms with van der Waals surface area (Å²) in [5, 5.41) is 2.59. The number of hydrogen-bond donors (Lipinski definition) is 0. The Bertz CT molecular complexity index is 811. The molecule has 0 fully saturated rings. The molecule has 1 aliphatic rings. The minimum atomic E-state index is 0.00996. The van der Waals surface area contributed by atoms with Crippen molar-refractivity contribution in [2.45, 2.75) is 24.3 Å². The molecular weight excluding hydrogens is 292 g/mol. The van der Waals surface area contributed by atoms with E-state index >= 15 is 0 Å². The Morgan fingerprint density at radius 2 is 1.64 bits per heavy atom. The molecule has 2 heteroatoms. The summed E-state index contributed by atoms with van der Waals surface area (Å²) in [5.74, 6) is 0.962. The van der Waals surface area contributed by atoms with Gasteiger partial charge in [0.1, 0.15) is 11.9 Å².